The van der Waals surface area contributed by atoms with Gasteiger partial charge in [0.25, 0.3) is 0 Å². The van der Waals surface area contributed by atoms with E-state index in [1.54, 1.807) is 5.57 Å². The second-order valence-electron chi connectivity index (χ2n) is 6.27. The summed E-state index contributed by atoms with van der Waals surface area (Å²) in [5.41, 5.74) is 2.06. The van der Waals surface area contributed by atoms with Crippen molar-refractivity contribution in [3.05, 3.63) is 12.2 Å². The largest absolute Gasteiger partial charge is 0.0990 e. The van der Waals surface area contributed by atoms with E-state index in [0.29, 0.717) is 5.41 Å². The van der Waals surface area contributed by atoms with Crippen LogP contribution in [0.25, 0.3) is 0 Å². The van der Waals surface area contributed by atoms with Crippen LogP contribution >= 0.6 is 0 Å². The van der Waals surface area contributed by atoms with E-state index in [2.05, 4.69) is 34.3 Å². The molecule has 0 nitrogen and oxygen atoms in total. The topological polar surface area (TPSA) is 0 Å². The fourth-order valence-corrected chi connectivity index (χ4v) is 4.67. The highest BCUT2D eigenvalue weighted by molar-refractivity contribution is 5.25. The highest BCUT2D eigenvalue weighted by Crippen LogP contribution is 2.63. The van der Waals surface area contributed by atoms with Crippen molar-refractivity contribution in [1.82, 2.24) is 0 Å². The van der Waals surface area contributed by atoms with Crippen LogP contribution in [0.4, 0.5) is 0 Å². The molecule has 2 rings (SSSR count). The minimum Gasteiger partial charge on any atom is -0.0990 e. The standard InChI is InChI=1S/C15H26/c1-6-14(10(2)3)15(5)11(4)12-7-8-13(15)9-12/h10,12-14H,4,6-9H2,1-3,5H3. The van der Waals surface area contributed by atoms with E-state index >= 15 is 0 Å². The van der Waals surface area contributed by atoms with Crippen molar-refractivity contribution in [1.29, 1.82) is 0 Å². The Bertz CT molecular complexity index is 263. The predicted octanol–water partition coefficient (Wildman–Crippen LogP) is 4.66. The maximum atomic E-state index is 4.44. The van der Waals surface area contributed by atoms with Gasteiger partial charge in [0.2, 0.25) is 0 Å². The first-order valence-corrected chi connectivity index (χ1v) is 6.71. The summed E-state index contributed by atoms with van der Waals surface area (Å²) >= 11 is 0. The molecule has 0 spiro atoms. The van der Waals surface area contributed by atoms with E-state index in [-0.39, 0.29) is 0 Å². The first-order chi connectivity index (χ1) is 7.01. The zero-order valence-corrected chi connectivity index (χ0v) is 10.8. The monoisotopic (exact) mass is 206 g/mol. The second-order valence-corrected chi connectivity index (χ2v) is 6.27. The lowest BCUT2D eigenvalue weighted by Crippen LogP contribution is -2.37. The summed E-state index contributed by atoms with van der Waals surface area (Å²) in [5.74, 6) is 3.46. The summed E-state index contributed by atoms with van der Waals surface area (Å²) < 4.78 is 0. The van der Waals surface area contributed by atoms with Gasteiger partial charge in [0.15, 0.2) is 0 Å². The van der Waals surface area contributed by atoms with E-state index in [1.165, 1.54) is 25.7 Å². The summed E-state index contributed by atoms with van der Waals surface area (Å²) in [7, 11) is 0. The second kappa shape index (κ2) is 3.64. The molecule has 0 aromatic carbocycles. The van der Waals surface area contributed by atoms with Crippen molar-refractivity contribution in [2.75, 3.05) is 0 Å². The molecule has 2 saturated carbocycles. The smallest absolute Gasteiger partial charge is 0.00573 e. The quantitative estimate of drug-likeness (QED) is 0.589. The van der Waals surface area contributed by atoms with Crippen molar-refractivity contribution < 1.29 is 0 Å². The number of rotatable bonds is 3. The molecule has 4 atom stereocenters. The van der Waals surface area contributed by atoms with Crippen LogP contribution in [0.3, 0.4) is 0 Å². The Labute approximate surface area is 95.1 Å². The molecule has 0 heterocycles. The number of hydrogen-bond acceptors (Lipinski definition) is 0. The summed E-state index contributed by atoms with van der Waals surface area (Å²) in [6.07, 6.45) is 5.64. The van der Waals surface area contributed by atoms with Crippen molar-refractivity contribution in [2.45, 2.75) is 53.4 Å². The highest BCUT2D eigenvalue weighted by Gasteiger charge is 2.54. The van der Waals surface area contributed by atoms with Gasteiger partial charge in [-0.05, 0) is 48.3 Å². The van der Waals surface area contributed by atoms with Crippen LogP contribution in [0.1, 0.15) is 53.4 Å². The van der Waals surface area contributed by atoms with Crippen LogP contribution in [-0.4, -0.2) is 0 Å². The summed E-state index contributed by atoms with van der Waals surface area (Å²) in [6, 6.07) is 0. The maximum Gasteiger partial charge on any atom is -0.00573 e. The molecule has 0 amide bonds. The van der Waals surface area contributed by atoms with Crippen molar-refractivity contribution in [2.24, 2.45) is 29.1 Å². The van der Waals surface area contributed by atoms with Crippen LogP contribution in [-0.2, 0) is 0 Å². The lowest BCUT2D eigenvalue weighted by Gasteiger charge is -2.44. The normalized spacial score (nSPS) is 41.5. The zero-order valence-electron chi connectivity index (χ0n) is 10.8. The molecule has 0 N–H and O–H groups in total. The third kappa shape index (κ3) is 1.40. The number of fused-ring (bicyclic) bond motifs is 2. The van der Waals surface area contributed by atoms with Crippen molar-refractivity contribution in [3.63, 3.8) is 0 Å². The fourth-order valence-electron chi connectivity index (χ4n) is 4.67. The van der Waals surface area contributed by atoms with E-state index < -0.39 is 0 Å². The molecule has 2 aliphatic rings. The van der Waals surface area contributed by atoms with Crippen LogP contribution in [0.15, 0.2) is 12.2 Å². The molecule has 0 saturated heterocycles. The van der Waals surface area contributed by atoms with Crippen LogP contribution in [0, 0.1) is 29.1 Å². The molecule has 2 bridgehead atoms. The van der Waals surface area contributed by atoms with Crippen molar-refractivity contribution in [3.8, 4) is 0 Å². The predicted molar refractivity (Wildman–Crippen MR) is 66.7 cm³/mol. The summed E-state index contributed by atoms with van der Waals surface area (Å²) in [6.45, 7) is 14.1. The Kier molecular flexibility index (Phi) is 2.73. The van der Waals surface area contributed by atoms with Crippen LogP contribution < -0.4 is 0 Å². The molecule has 0 aromatic rings. The molecule has 0 radical (unpaired) electrons. The summed E-state index contributed by atoms with van der Waals surface area (Å²) in [4.78, 5) is 0. The van der Waals surface area contributed by atoms with Gasteiger partial charge in [-0.15, -0.1) is 0 Å². The van der Waals surface area contributed by atoms with Crippen LogP contribution in [0.5, 0.6) is 0 Å². The molecular formula is C15H26. The van der Waals surface area contributed by atoms with Gasteiger partial charge in [0, 0.05) is 0 Å². The minimum absolute atomic E-state index is 0.464. The maximum absolute atomic E-state index is 4.44. The molecule has 15 heavy (non-hydrogen) atoms. The molecule has 2 aliphatic carbocycles. The minimum atomic E-state index is 0.464. The zero-order chi connectivity index (χ0) is 11.2. The molecule has 4 unspecified atom stereocenters. The van der Waals surface area contributed by atoms with Crippen molar-refractivity contribution >= 4 is 0 Å². The van der Waals surface area contributed by atoms with E-state index in [0.717, 1.165) is 23.7 Å². The molecular weight excluding hydrogens is 180 g/mol. The lowest BCUT2D eigenvalue weighted by molar-refractivity contribution is 0.107. The van der Waals surface area contributed by atoms with Gasteiger partial charge >= 0.3 is 0 Å². The lowest BCUT2D eigenvalue weighted by atomic mass is 9.60. The third-order valence-electron chi connectivity index (χ3n) is 5.48. The third-order valence-corrected chi connectivity index (χ3v) is 5.48. The Morgan fingerprint density at radius 2 is 2.07 bits per heavy atom. The molecule has 0 aromatic heterocycles. The molecule has 2 fully saturated rings. The average molecular weight is 206 g/mol. The van der Waals surface area contributed by atoms with E-state index in [9.17, 15) is 0 Å². The Hall–Kier alpha value is -0.260. The van der Waals surface area contributed by atoms with Gasteiger partial charge in [-0.1, -0.05) is 46.3 Å². The molecule has 86 valence electrons. The Morgan fingerprint density at radius 1 is 1.40 bits per heavy atom. The highest BCUT2D eigenvalue weighted by atomic mass is 14.6. The van der Waals surface area contributed by atoms with E-state index in [1.807, 2.05) is 0 Å². The first-order valence-electron chi connectivity index (χ1n) is 6.71. The van der Waals surface area contributed by atoms with Gasteiger partial charge in [0.05, 0.1) is 0 Å². The van der Waals surface area contributed by atoms with Gasteiger partial charge in [-0.25, -0.2) is 0 Å². The number of hydrogen-bond donors (Lipinski definition) is 0. The Balaban J connectivity index is 2.29. The summed E-state index contributed by atoms with van der Waals surface area (Å²) in [5, 5.41) is 0. The fraction of sp³-hybridized carbons (Fsp3) is 0.867. The van der Waals surface area contributed by atoms with Crippen LogP contribution in [0.2, 0.25) is 0 Å². The molecule has 0 aliphatic heterocycles. The molecule has 0 heteroatoms. The average Bonchev–Trinajstić information content (AvgIpc) is 2.71. The van der Waals surface area contributed by atoms with Gasteiger partial charge < -0.3 is 0 Å². The van der Waals surface area contributed by atoms with Gasteiger partial charge in [-0.2, -0.15) is 0 Å². The SMILES string of the molecule is C=C1C2CCC(C2)C1(C)C(CC)C(C)C. The van der Waals surface area contributed by atoms with Gasteiger partial charge in [0.1, 0.15) is 0 Å². The Morgan fingerprint density at radius 3 is 2.47 bits per heavy atom. The first kappa shape index (κ1) is 11.2. The van der Waals surface area contributed by atoms with E-state index in [4.69, 9.17) is 0 Å². The number of allylic oxidation sites excluding steroid dienone is 1. The van der Waals surface area contributed by atoms with Gasteiger partial charge in [-0.3, -0.25) is 0 Å².